The van der Waals surface area contributed by atoms with Crippen LogP contribution >= 0.6 is 0 Å². The van der Waals surface area contributed by atoms with Gasteiger partial charge in [0.2, 0.25) is 0 Å². The van der Waals surface area contributed by atoms with E-state index in [1.165, 1.54) is 27.8 Å². The molecule has 1 heterocycles. The van der Waals surface area contributed by atoms with Crippen LogP contribution in [0.1, 0.15) is 27.8 Å². The van der Waals surface area contributed by atoms with Crippen molar-refractivity contribution in [3.63, 3.8) is 0 Å². The van der Waals surface area contributed by atoms with Crippen molar-refractivity contribution >= 4 is 5.96 Å². The number of aryl methyl sites for hydroxylation is 2. The van der Waals surface area contributed by atoms with Crippen LogP contribution in [0.2, 0.25) is 0 Å². The van der Waals surface area contributed by atoms with Crippen LogP contribution in [-0.2, 0) is 24.2 Å². The number of ether oxygens (including phenoxy) is 1. The van der Waals surface area contributed by atoms with Crippen LogP contribution in [0.25, 0.3) is 0 Å². The molecule has 2 aromatic rings. The van der Waals surface area contributed by atoms with Gasteiger partial charge in [0.15, 0.2) is 5.96 Å². The van der Waals surface area contributed by atoms with Gasteiger partial charge in [-0.3, -0.25) is 9.89 Å². The number of aliphatic imine (C=N–C) groups is 1. The summed E-state index contributed by atoms with van der Waals surface area (Å²) < 4.78 is 5.44. The number of hydrogen-bond donors (Lipinski definition) is 2. The topological polar surface area (TPSA) is 48.9 Å². The Hall–Kier alpha value is -2.37. The molecule has 0 aromatic heterocycles. The SMILES string of the molecule is CN=C(NCCc1cc(C)cc(C)c1)NCc1cccc(CN2CCOCC2)c1. The minimum absolute atomic E-state index is 0.764. The Morgan fingerprint density at radius 3 is 2.41 bits per heavy atom. The molecule has 1 aliphatic rings. The van der Waals surface area contributed by atoms with Crippen LogP contribution in [0.4, 0.5) is 0 Å². The number of nitrogens with zero attached hydrogens (tertiary/aromatic N) is 2. The Morgan fingerprint density at radius 1 is 0.966 bits per heavy atom. The Morgan fingerprint density at radius 2 is 1.69 bits per heavy atom. The van der Waals surface area contributed by atoms with E-state index in [0.29, 0.717) is 0 Å². The van der Waals surface area contributed by atoms with Gasteiger partial charge in [-0.15, -0.1) is 0 Å². The molecular weight excluding hydrogens is 360 g/mol. The van der Waals surface area contributed by atoms with Gasteiger partial charge in [0.25, 0.3) is 0 Å². The highest BCUT2D eigenvalue weighted by Crippen LogP contribution is 2.11. The average molecular weight is 395 g/mol. The van der Waals surface area contributed by atoms with E-state index in [1.54, 1.807) is 0 Å². The average Bonchev–Trinajstić information content (AvgIpc) is 2.71. The lowest BCUT2D eigenvalue weighted by Crippen LogP contribution is -2.38. The number of morpholine rings is 1. The highest BCUT2D eigenvalue weighted by Gasteiger charge is 2.10. The van der Waals surface area contributed by atoms with Crippen molar-refractivity contribution in [3.05, 3.63) is 70.3 Å². The summed E-state index contributed by atoms with van der Waals surface area (Å²) >= 11 is 0. The summed E-state index contributed by atoms with van der Waals surface area (Å²) in [7, 11) is 1.82. The molecule has 156 valence electrons. The summed E-state index contributed by atoms with van der Waals surface area (Å²) in [6.45, 7) is 10.6. The van der Waals surface area contributed by atoms with E-state index in [9.17, 15) is 0 Å². The molecule has 0 unspecified atom stereocenters. The number of rotatable bonds is 7. The number of guanidine groups is 1. The van der Waals surface area contributed by atoms with Crippen molar-refractivity contribution in [2.75, 3.05) is 39.9 Å². The molecular formula is C24H34N4O. The number of hydrogen-bond acceptors (Lipinski definition) is 3. The normalized spacial score (nSPS) is 15.3. The Bertz CT molecular complexity index is 792. The molecule has 0 aliphatic carbocycles. The van der Waals surface area contributed by atoms with Crippen molar-refractivity contribution in [2.45, 2.75) is 33.4 Å². The molecule has 0 amide bonds. The lowest BCUT2D eigenvalue weighted by molar-refractivity contribution is 0.0342. The van der Waals surface area contributed by atoms with Crippen LogP contribution in [0, 0.1) is 13.8 Å². The number of nitrogens with one attached hydrogen (secondary N) is 2. The first-order valence-electron chi connectivity index (χ1n) is 10.5. The van der Waals surface area contributed by atoms with Crippen LogP contribution in [-0.4, -0.2) is 50.8 Å². The number of benzene rings is 2. The summed E-state index contributed by atoms with van der Waals surface area (Å²) in [5, 5.41) is 6.86. The molecule has 1 aliphatic heterocycles. The third kappa shape index (κ3) is 7.18. The maximum absolute atomic E-state index is 5.44. The molecule has 3 rings (SSSR count). The van der Waals surface area contributed by atoms with Gasteiger partial charge in [-0.2, -0.15) is 0 Å². The Balaban J connectivity index is 1.45. The minimum atomic E-state index is 0.764. The fourth-order valence-electron chi connectivity index (χ4n) is 3.80. The summed E-state index contributed by atoms with van der Waals surface area (Å²) in [6, 6.07) is 15.5. The monoisotopic (exact) mass is 394 g/mol. The van der Waals surface area contributed by atoms with Gasteiger partial charge in [0.05, 0.1) is 13.2 Å². The highest BCUT2D eigenvalue weighted by molar-refractivity contribution is 5.79. The largest absolute Gasteiger partial charge is 0.379 e. The van der Waals surface area contributed by atoms with E-state index in [-0.39, 0.29) is 0 Å². The second-order valence-corrected chi connectivity index (χ2v) is 7.81. The molecule has 5 nitrogen and oxygen atoms in total. The fourth-order valence-corrected chi connectivity index (χ4v) is 3.80. The molecule has 0 atom stereocenters. The third-order valence-electron chi connectivity index (χ3n) is 5.17. The third-order valence-corrected chi connectivity index (χ3v) is 5.17. The van der Waals surface area contributed by atoms with Crippen LogP contribution in [0.3, 0.4) is 0 Å². The van der Waals surface area contributed by atoms with Gasteiger partial charge in [-0.25, -0.2) is 0 Å². The van der Waals surface area contributed by atoms with Gasteiger partial charge in [-0.1, -0.05) is 53.6 Å². The Labute approximate surface area is 175 Å². The first kappa shape index (κ1) is 21.3. The molecule has 0 spiro atoms. The summed E-state index contributed by atoms with van der Waals surface area (Å²) in [4.78, 5) is 6.81. The second-order valence-electron chi connectivity index (χ2n) is 7.81. The lowest BCUT2D eigenvalue weighted by Gasteiger charge is -2.26. The zero-order valence-corrected chi connectivity index (χ0v) is 18.0. The molecule has 2 N–H and O–H groups in total. The smallest absolute Gasteiger partial charge is 0.191 e. The summed E-state index contributed by atoms with van der Waals surface area (Å²) in [6.07, 6.45) is 0.984. The van der Waals surface area contributed by atoms with Crippen LogP contribution in [0.15, 0.2) is 47.5 Å². The van der Waals surface area contributed by atoms with Crippen molar-refractivity contribution in [2.24, 2.45) is 4.99 Å². The first-order chi connectivity index (χ1) is 14.1. The molecule has 29 heavy (non-hydrogen) atoms. The first-order valence-corrected chi connectivity index (χ1v) is 10.5. The van der Waals surface area contributed by atoms with Gasteiger partial charge in [0, 0.05) is 39.8 Å². The second kappa shape index (κ2) is 11.0. The van der Waals surface area contributed by atoms with Crippen molar-refractivity contribution < 1.29 is 4.74 Å². The molecule has 1 saturated heterocycles. The summed E-state index contributed by atoms with van der Waals surface area (Å²) in [5.74, 6) is 0.841. The van der Waals surface area contributed by atoms with E-state index in [2.05, 4.69) is 76.8 Å². The molecule has 1 fully saturated rings. The van der Waals surface area contributed by atoms with Crippen molar-refractivity contribution in [1.82, 2.24) is 15.5 Å². The maximum atomic E-state index is 5.44. The van der Waals surface area contributed by atoms with Crippen molar-refractivity contribution in [3.8, 4) is 0 Å². The molecule has 5 heteroatoms. The Kier molecular flexibility index (Phi) is 8.08. The minimum Gasteiger partial charge on any atom is -0.379 e. The predicted molar refractivity (Wildman–Crippen MR) is 120 cm³/mol. The molecule has 0 bridgehead atoms. The fraction of sp³-hybridized carbons (Fsp3) is 0.458. The van der Waals surface area contributed by atoms with E-state index >= 15 is 0 Å². The zero-order valence-electron chi connectivity index (χ0n) is 18.0. The maximum Gasteiger partial charge on any atom is 0.191 e. The van der Waals surface area contributed by atoms with Gasteiger partial charge in [-0.05, 0) is 37.0 Å². The summed E-state index contributed by atoms with van der Waals surface area (Å²) in [5.41, 5.74) is 6.62. The molecule has 0 radical (unpaired) electrons. The van der Waals surface area contributed by atoms with Crippen molar-refractivity contribution in [1.29, 1.82) is 0 Å². The van der Waals surface area contributed by atoms with Crippen LogP contribution < -0.4 is 10.6 Å². The van der Waals surface area contributed by atoms with E-state index in [0.717, 1.165) is 58.3 Å². The molecule has 2 aromatic carbocycles. The quantitative estimate of drug-likeness (QED) is 0.560. The van der Waals surface area contributed by atoms with Gasteiger partial charge >= 0.3 is 0 Å². The van der Waals surface area contributed by atoms with Gasteiger partial charge < -0.3 is 15.4 Å². The highest BCUT2D eigenvalue weighted by atomic mass is 16.5. The van der Waals surface area contributed by atoms with E-state index in [1.807, 2.05) is 7.05 Å². The zero-order chi connectivity index (χ0) is 20.5. The molecule has 0 saturated carbocycles. The van der Waals surface area contributed by atoms with Crippen LogP contribution in [0.5, 0.6) is 0 Å². The van der Waals surface area contributed by atoms with Gasteiger partial charge in [0.1, 0.15) is 0 Å². The predicted octanol–water partition coefficient (Wildman–Crippen LogP) is 3.04. The lowest BCUT2D eigenvalue weighted by atomic mass is 10.1. The standard InChI is InChI=1S/C24H34N4O/c1-19-13-20(2)15-21(14-19)7-8-26-24(25-3)27-17-22-5-4-6-23(16-22)18-28-9-11-29-12-10-28/h4-6,13-16H,7-12,17-18H2,1-3H3,(H2,25,26,27). The van der Waals surface area contributed by atoms with E-state index in [4.69, 9.17) is 4.74 Å². The van der Waals surface area contributed by atoms with E-state index < -0.39 is 0 Å².